The molecule has 1 amide bonds. The Labute approximate surface area is 158 Å². The van der Waals surface area contributed by atoms with E-state index < -0.39 is 0 Å². The smallest absolute Gasteiger partial charge is 0.275 e. The van der Waals surface area contributed by atoms with E-state index in [1.165, 1.54) is 12.8 Å². The molecule has 2 fully saturated rings. The molecular weight excluding hydrogens is 346 g/mol. The second-order valence-electron chi connectivity index (χ2n) is 7.62. The lowest BCUT2D eigenvalue weighted by Crippen LogP contribution is -2.39. The topological polar surface area (TPSA) is 86.3 Å². The second kappa shape index (κ2) is 7.80. The van der Waals surface area contributed by atoms with Gasteiger partial charge in [0.15, 0.2) is 11.5 Å². The lowest BCUT2D eigenvalue weighted by Gasteiger charge is -2.32. The van der Waals surface area contributed by atoms with Crippen molar-refractivity contribution in [2.45, 2.75) is 51.5 Å². The minimum Gasteiger partial charge on any atom is -0.381 e. The summed E-state index contributed by atoms with van der Waals surface area (Å²) in [6.07, 6.45) is 6.05. The van der Waals surface area contributed by atoms with Gasteiger partial charge in [-0.05, 0) is 51.0 Å². The Kier molecular flexibility index (Phi) is 5.24. The van der Waals surface area contributed by atoms with E-state index >= 15 is 0 Å². The molecule has 2 aromatic rings. The number of carbonyl (C=O) groups is 1. The lowest BCUT2D eigenvalue weighted by atomic mass is 10.0. The van der Waals surface area contributed by atoms with Crippen molar-refractivity contribution in [3.05, 3.63) is 29.2 Å². The summed E-state index contributed by atoms with van der Waals surface area (Å²) in [5, 5.41) is 8.41. The van der Waals surface area contributed by atoms with Gasteiger partial charge in [0.1, 0.15) is 6.04 Å². The highest BCUT2D eigenvalue weighted by molar-refractivity contribution is 5.92. The molecule has 0 aromatic carbocycles. The summed E-state index contributed by atoms with van der Waals surface area (Å²) in [4.78, 5) is 19.3. The van der Waals surface area contributed by atoms with Crippen LogP contribution in [0.15, 0.2) is 10.6 Å². The number of piperidine rings is 1. The predicted molar refractivity (Wildman–Crippen MR) is 97.1 cm³/mol. The molecule has 1 unspecified atom stereocenters. The first-order chi connectivity index (χ1) is 13.1. The Morgan fingerprint density at radius 3 is 2.93 bits per heavy atom. The monoisotopic (exact) mass is 373 g/mol. The number of hydrogen-bond donors (Lipinski definition) is 0. The van der Waals surface area contributed by atoms with Crippen molar-refractivity contribution in [2.24, 2.45) is 13.0 Å². The highest BCUT2D eigenvalue weighted by Gasteiger charge is 2.33. The fourth-order valence-corrected chi connectivity index (χ4v) is 3.45. The average molecular weight is 373 g/mol. The van der Waals surface area contributed by atoms with Crippen molar-refractivity contribution in [1.82, 2.24) is 24.8 Å². The maximum absolute atomic E-state index is 13.0. The van der Waals surface area contributed by atoms with Gasteiger partial charge in [0.25, 0.3) is 5.91 Å². The molecule has 1 aliphatic heterocycles. The zero-order chi connectivity index (χ0) is 18.8. The lowest BCUT2D eigenvalue weighted by molar-refractivity contribution is 0.0554. The van der Waals surface area contributed by atoms with Gasteiger partial charge in [-0.2, -0.15) is 10.1 Å². The first-order valence-electron chi connectivity index (χ1n) is 9.83. The van der Waals surface area contributed by atoms with E-state index in [0.29, 0.717) is 37.0 Å². The molecule has 3 heterocycles. The van der Waals surface area contributed by atoms with Gasteiger partial charge in [-0.15, -0.1) is 0 Å². The van der Waals surface area contributed by atoms with Crippen LogP contribution >= 0.6 is 0 Å². The van der Waals surface area contributed by atoms with Crippen LogP contribution in [-0.4, -0.2) is 50.5 Å². The number of nitrogens with zero attached hydrogens (tertiary/aromatic N) is 5. The van der Waals surface area contributed by atoms with E-state index in [1.54, 1.807) is 4.68 Å². The molecule has 4 rings (SSSR count). The van der Waals surface area contributed by atoms with Crippen LogP contribution in [-0.2, 0) is 18.2 Å². The van der Waals surface area contributed by atoms with Crippen molar-refractivity contribution >= 4 is 5.91 Å². The standard InChI is InChI=1S/C19H27N5O3/c1-13-11-15(21-23(13)2)19(25)24-9-4-3-5-16(24)18-20-17(22-27-18)8-10-26-12-14-6-7-14/h11,14,16H,3-10,12H2,1-2H3. The van der Waals surface area contributed by atoms with Gasteiger partial charge < -0.3 is 14.2 Å². The number of aromatic nitrogens is 4. The maximum Gasteiger partial charge on any atom is 0.275 e. The Morgan fingerprint density at radius 1 is 1.33 bits per heavy atom. The van der Waals surface area contributed by atoms with Crippen LogP contribution < -0.4 is 0 Å². The van der Waals surface area contributed by atoms with Crippen LogP contribution in [0.1, 0.15) is 66.0 Å². The van der Waals surface area contributed by atoms with Crippen LogP contribution in [0.25, 0.3) is 0 Å². The highest BCUT2D eigenvalue weighted by Crippen LogP contribution is 2.31. The molecule has 8 nitrogen and oxygen atoms in total. The average Bonchev–Trinajstić information content (AvgIpc) is 3.28. The zero-order valence-electron chi connectivity index (χ0n) is 16.1. The van der Waals surface area contributed by atoms with E-state index in [9.17, 15) is 4.79 Å². The summed E-state index contributed by atoms with van der Waals surface area (Å²) in [6, 6.07) is 1.65. The maximum atomic E-state index is 13.0. The first kappa shape index (κ1) is 18.2. The van der Waals surface area contributed by atoms with Crippen LogP contribution in [0.2, 0.25) is 0 Å². The number of amides is 1. The van der Waals surface area contributed by atoms with Crippen LogP contribution in [0.3, 0.4) is 0 Å². The molecule has 8 heteroatoms. The van der Waals surface area contributed by atoms with Gasteiger partial charge in [-0.25, -0.2) is 0 Å². The molecule has 1 saturated heterocycles. The fourth-order valence-electron chi connectivity index (χ4n) is 3.45. The van der Waals surface area contributed by atoms with Gasteiger partial charge in [-0.3, -0.25) is 9.48 Å². The van der Waals surface area contributed by atoms with Crippen molar-refractivity contribution in [3.8, 4) is 0 Å². The summed E-state index contributed by atoms with van der Waals surface area (Å²) >= 11 is 0. The van der Waals surface area contributed by atoms with E-state index in [-0.39, 0.29) is 11.9 Å². The molecule has 27 heavy (non-hydrogen) atoms. The fraction of sp³-hybridized carbons (Fsp3) is 0.684. The number of hydrogen-bond acceptors (Lipinski definition) is 6. The molecule has 0 bridgehead atoms. The third-order valence-electron chi connectivity index (χ3n) is 5.39. The largest absolute Gasteiger partial charge is 0.381 e. The minimum atomic E-state index is -0.179. The van der Waals surface area contributed by atoms with Gasteiger partial charge in [0.2, 0.25) is 5.89 Å². The van der Waals surface area contributed by atoms with Gasteiger partial charge in [-0.1, -0.05) is 5.16 Å². The van der Waals surface area contributed by atoms with E-state index in [4.69, 9.17) is 9.26 Å². The second-order valence-corrected chi connectivity index (χ2v) is 7.62. The van der Waals surface area contributed by atoms with Crippen LogP contribution in [0.4, 0.5) is 0 Å². The van der Waals surface area contributed by atoms with E-state index in [0.717, 1.165) is 37.5 Å². The number of rotatable bonds is 7. The van der Waals surface area contributed by atoms with Gasteiger partial charge >= 0.3 is 0 Å². The number of carbonyl (C=O) groups excluding carboxylic acids is 1. The molecule has 1 saturated carbocycles. The molecule has 0 N–H and O–H groups in total. The SMILES string of the molecule is Cc1cc(C(=O)N2CCCCC2c2nc(CCOCC3CC3)no2)nn1C. The number of likely N-dealkylation sites (tertiary alicyclic amines) is 1. The molecule has 1 atom stereocenters. The van der Waals surface area contributed by atoms with Gasteiger partial charge in [0.05, 0.1) is 6.61 Å². The summed E-state index contributed by atoms with van der Waals surface area (Å²) in [6.45, 7) is 4.06. The molecule has 2 aromatic heterocycles. The molecule has 146 valence electrons. The Bertz CT molecular complexity index is 776. The molecule has 0 radical (unpaired) electrons. The number of ether oxygens (including phenoxy) is 1. The summed E-state index contributed by atoms with van der Waals surface area (Å²) in [7, 11) is 1.84. The molecular formula is C19H27N5O3. The molecule has 1 aliphatic carbocycles. The van der Waals surface area contributed by atoms with Crippen LogP contribution in [0, 0.1) is 12.8 Å². The zero-order valence-corrected chi connectivity index (χ0v) is 16.1. The Morgan fingerprint density at radius 2 is 2.19 bits per heavy atom. The third-order valence-corrected chi connectivity index (χ3v) is 5.39. The predicted octanol–water partition coefficient (Wildman–Crippen LogP) is 2.45. The highest BCUT2D eigenvalue weighted by atomic mass is 16.5. The minimum absolute atomic E-state index is 0.0732. The number of aryl methyl sites for hydroxylation is 2. The summed E-state index contributed by atoms with van der Waals surface area (Å²) in [5.74, 6) is 1.85. The normalized spacial score (nSPS) is 20.2. The Balaban J connectivity index is 1.41. The van der Waals surface area contributed by atoms with Crippen molar-refractivity contribution in [2.75, 3.05) is 19.8 Å². The summed E-state index contributed by atoms with van der Waals surface area (Å²) < 4.78 is 12.9. The molecule has 0 spiro atoms. The Hall–Kier alpha value is -2.22. The van der Waals surface area contributed by atoms with Crippen molar-refractivity contribution in [3.63, 3.8) is 0 Å². The molecule has 2 aliphatic rings. The van der Waals surface area contributed by atoms with Crippen molar-refractivity contribution < 1.29 is 14.1 Å². The van der Waals surface area contributed by atoms with E-state index in [2.05, 4.69) is 15.2 Å². The first-order valence-corrected chi connectivity index (χ1v) is 9.83. The van der Waals surface area contributed by atoms with E-state index in [1.807, 2.05) is 24.9 Å². The van der Waals surface area contributed by atoms with Crippen LogP contribution in [0.5, 0.6) is 0 Å². The van der Waals surface area contributed by atoms with Crippen molar-refractivity contribution in [1.29, 1.82) is 0 Å². The quantitative estimate of drug-likeness (QED) is 0.693. The van der Waals surface area contributed by atoms with Gasteiger partial charge in [0, 0.05) is 32.3 Å². The third kappa shape index (κ3) is 4.21. The summed E-state index contributed by atoms with van der Waals surface area (Å²) in [5.41, 5.74) is 1.42.